The molecular weight excluding hydrogens is 400 g/mol. The van der Waals surface area contributed by atoms with Gasteiger partial charge in [-0.05, 0) is 50.4 Å². The minimum atomic E-state index is -0.244. The third kappa shape index (κ3) is 3.63. The first-order valence-corrected chi connectivity index (χ1v) is 9.91. The van der Waals surface area contributed by atoms with E-state index in [1.165, 1.54) is 7.11 Å². The standard InChI is InChI=1S/C23H26N2O6/c1-25(2)9-8-13-10-18-22(31-12-30-18)20(28-4)15(13)11-16-14-6-7-17(27-3)21(29-5)19(14)23(26)24-16/h6-7,10-11H,8-9,12H2,1-5H3,(H,24,26)/b16-11-. The Morgan fingerprint density at radius 3 is 2.55 bits per heavy atom. The van der Waals surface area contributed by atoms with Gasteiger partial charge in [0.15, 0.2) is 23.0 Å². The lowest BCUT2D eigenvalue weighted by Crippen LogP contribution is -2.16. The van der Waals surface area contributed by atoms with Crippen molar-refractivity contribution >= 4 is 17.7 Å². The summed E-state index contributed by atoms with van der Waals surface area (Å²) >= 11 is 0. The van der Waals surface area contributed by atoms with Gasteiger partial charge in [0.05, 0.1) is 26.9 Å². The van der Waals surface area contributed by atoms with E-state index >= 15 is 0 Å². The number of amides is 1. The number of nitrogens with zero attached hydrogens (tertiary/aromatic N) is 1. The third-order valence-corrected chi connectivity index (χ3v) is 5.38. The Morgan fingerprint density at radius 2 is 1.87 bits per heavy atom. The number of hydrogen-bond acceptors (Lipinski definition) is 7. The average Bonchev–Trinajstić information content (AvgIpc) is 3.35. The maximum atomic E-state index is 12.8. The minimum absolute atomic E-state index is 0.148. The van der Waals surface area contributed by atoms with Crippen molar-refractivity contribution < 1.29 is 28.5 Å². The highest BCUT2D eigenvalue weighted by atomic mass is 16.7. The van der Waals surface area contributed by atoms with Crippen LogP contribution in [0.25, 0.3) is 11.8 Å². The summed E-state index contributed by atoms with van der Waals surface area (Å²) in [6, 6.07) is 5.61. The molecule has 4 rings (SSSR count). The molecule has 2 aliphatic rings. The number of nitrogens with one attached hydrogen (secondary N) is 1. The van der Waals surface area contributed by atoms with Crippen LogP contribution in [-0.4, -0.2) is 59.6 Å². The molecule has 0 saturated carbocycles. The van der Waals surface area contributed by atoms with E-state index in [1.807, 2.05) is 32.3 Å². The molecule has 0 aromatic heterocycles. The van der Waals surface area contributed by atoms with Crippen LogP contribution in [0.3, 0.4) is 0 Å². The van der Waals surface area contributed by atoms with Crippen LogP contribution in [0.1, 0.15) is 27.0 Å². The van der Waals surface area contributed by atoms with E-state index in [9.17, 15) is 4.79 Å². The molecule has 0 aliphatic carbocycles. The monoisotopic (exact) mass is 426 g/mol. The first-order valence-electron chi connectivity index (χ1n) is 9.91. The number of fused-ring (bicyclic) bond motifs is 2. The lowest BCUT2D eigenvalue weighted by atomic mass is 9.98. The lowest BCUT2D eigenvalue weighted by molar-refractivity contribution is 0.0977. The van der Waals surface area contributed by atoms with Gasteiger partial charge in [-0.15, -0.1) is 0 Å². The SMILES string of the molecule is COc1ccc2c(c1OC)C(=O)N/C2=C\c1c(CCN(C)C)cc2c(c1OC)OCO2. The lowest BCUT2D eigenvalue weighted by Gasteiger charge is -2.16. The average molecular weight is 426 g/mol. The van der Waals surface area contributed by atoms with E-state index < -0.39 is 0 Å². The zero-order valence-electron chi connectivity index (χ0n) is 18.3. The van der Waals surface area contributed by atoms with Gasteiger partial charge < -0.3 is 33.9 Å². The molecule has 31 heavy (non-hydrogen) atoms. The first kappa shape index (κ1) is 20.9. The fourth-order valence-electron chi connectivity index (χ4n) is 3.88. The van der Waals surface area contributed by atoms with Crippen molar-refractivity contribution in [1.29, 1.82) is 0 Å². The number of carbonyl (C=O) groups is 1. The van der Waals surface area contributed by atoms with Crippen LogP contribution in [0.2, 0.25) is 0 Å². The quantitative estimate of drug-likeness (QED) is 0.729. The molecule has 2 aromatic carbocycles. The van der Waals surface area contributed by atoms with Gasteiger partial charge in [-0.2, -0.15) is 0 Å². The van der Waals surface area contributed by atoms with Gasteiger partial charge in [-0.3, -0.25) is 4.79 Å². The van der Waals surface area contributed by atoms with Crippen molar-refractivity contribution in [2.75, 3.05) is 48.8 Å². The molecule has 2 aromatic rings. The van der Waals surface area contributed by atoms with Gasteiger partial charge in [0, 0.05) is 23.4 Å². The van der Waals surface area contributed by atoms with Crippen LogP contribution in [0.15, 0.2) is 18.2 Å². The number of benzene rings is 2. The zero-order valence-corrected chi connectivity index (χ0v) is 18.3. The van der Waals surface area contributed by atoms with Crippen LogP contribution in [-0.2, 0) is 6.42 Å². The predicted molar refractivity (Wildman–Crippen MR) is 116 cm³/mol. The molecule has 2 heterocycles. The van der Waals surface area contributed by atoms with Crippen molar-refractivity contribution in [3.05, 3.63) is 40.5 Å². The highest BCUT2D eigenvalue weighted by Gasteiger charge is 2.31. The van der Waals surface area contributed by atoms with Crippen LogP contribution >= 0.6 is 0 Å². The van der Waals surface area contributed by atoms with E-state index in [2.05, 4.69) is 10.2 Å². The number of rotatable bonds is 7. The van der Waals surface area contributed by atoms with E-state index in [-0.39, 0.29) is 12.7 Å². The molecule has 0 bridgehead atoms. The van der Waals surface area contributed by atoms with Crippen molar-refractivity contribution in [1.82, 2.24) is 10.2 Å². The molecule has 0 saturated heterocycles. The summed E-state index contributed by atoms with van der Waals surface area (Å²) in [6.45, 7) is 0.988. The Bertz CT molecular complexity index is 1060. The van der Waals surface area contributed by atoms with Crippen LogP contribution in [0.4, 0.5) is 0 Å². The van der Waals surface area contributed by atoms with Gasteiger partial charge in [0.25, 0.3) is 5.91 Å². The molecule has 8 nitrogen and oxygen atoms in total. The van der Waals surface area contributed by atoms with Crippen LogP contribution < -0.4 is 29.0 Å². The van der Waals surface area contributed by atoms with Gasteiger partial charge in [0.1, 0.15) is 0 Å². The summed E-state index contributed by atoms with van der Waals surface area (Å²) in [5.74, 6) is 2.48. The van der Waals surface area contributed by atoms with Gasteiger partial charge in [0.2, 0.25) is 12.5 Å². The fourth-order valence-corrected chi connectivity index (χ4v) is 3.88. The van der Waals surface area contributed by atoms with Gasteiger partial charge in [-0.1, -0.05) is 0 Å². The Balaban J connectivity index is 1.87. The van der Waals surface area contributed by atoms with Crippen molar-refractivity contribution in [3.8, 4) is 28.7 Å². The summed E-state index contributed by atoms with van der Waals surface area (Å²) in [7, 11) is 8.71. The van der Waals surface area contributed by atoms with E-state index in [0.29, 0.717) is 40.0 Å². The highest BCUT2D eigenvalue weighted by molar-refractivity contribution is 6.14. The second-order valence-corrected chi connectivity index (χ2v) is 7.51. The molecular formula is C23H26N2O6. The third-order valence-electron chi connectivity index (χ3n) is 5.38. The summed E-state index contributed by atoms with van der Waals surface area (Å²) in [5, 5.41) is 2.95. The Kier molecular flexibility index (Phi) is 5.65. The summed E-state index contributed by atoms with van der Waals surface area (Å²) < 4.78 is 27.8. The van der Waals surface area contributed by atoms with E-state index in [4.69, 9.17) is 23.7 Å². The Morgan fingerprint density at radius 1 is 1.10 bits per heavy atom. The predicted octanol–water partition coefficient (Wildman–Crippen LogP) is 2.79. The second kappa shape index (κ2) is 8.39. The number of hydrogen-bond donors (Lipinski definition) is 1. The minimum Gasteiger partial charge on any atom is -0.493 e. The topological polar surface area (TPSA) is 78.5 Å². The molecule has 0 atom stereocenters. The molecule has 0 spiro atoms. The van der Waals surface area contributed by atoms with Gasteiger partial charge >= 0.3 is 0 Å². The second-order valence-electron chi connectivity index (χ2n) is 7.51. The molecule has 1 amide bonds. The Hall–Kier alpha value is -3.39. The molecule has 2 aliphatic heterocycles. The molecule has 8 heteroatoms. The van der Waals surface area contributed by atoms with Crippen molar-refractivity contribution in [2.45, 2.75) is 6.42 Å². The van der Waals surface area contributed by atoms with E-state index in [1.54, 1.807) is 20.3 Å². The van der Waals surface area contributed by atoms with Crippen LogP contribution in [0, 0.1) is 0 Å². The van der Waals surface area contributed by atoms with Gasteiger partial charge in [-0.25, -0.2) is 0 Å². The van der Waals surface area contributed by atoms with Crippen LogP contribution in [0.5, 0.6) is 28.7 Å². The highest BCUT2D eigenvalue weighted by Crippen LogP contribution is 2.47. The summed E-state index contributed by atoms with van der Waals surface area (Å²) in [5.41, 5.74) is 3.71. The fraction of sp³-hybridized carbons (Fsp3) is 0.348. The normalized spacial score (nSPS) is 15.3. The maximum absolute atomic E-state index is 12.8. The Labute approximate surface area is 181 Å². The molecule has 0 radical (unpaired) electrons. The maximum Gasteiger partial charge on any atom is 0.260 e. The molecule has 0 unspecified atom stereocenters. The summed E-state index contributed by atoms with van der Waals surface area (Å²) in [4.78, 5) is 14.9. The van der Waals surface area contributed by atoms with Crippen molar-refractivity contribution in [3.63, 3.8) is 0 Å². The molecule has 0 fully saturated rings. The summed E-state index contributed by atoms with van der Waals surface area (Å²) in [6.07, 6.45) is 2.69. The number of ether oxygens (including phenoxy) is 5. The number of carbonyl (C=O) groups excluding carboxylic acids is 1. The number of methoxy groups -OCH3 is 3. The smallest absolute Gasteiger partial charge is 0.260 e. The molecule has 164 valence electrons. The van der Waals surface area contributed by atoms with E-state index in [0.717, 1.165) is 29.7 Å². The van der Waals surface area contributed by atoms with Crippen molar-refractivity contribution in [2.24, 2.45) is 0 Å². The largest absolute Gasteiger partial charge is 0.493 e. The first-order chi connectivity index (χ1) is 15.0. The zero-order chi connectivity index (χ0) is 22.1. The number of likely N-dealkylation sites (N-methyl/N-ethyl adjacent to an activating group) is 1. The molecule has 1 N–H and O–H groups in total.